The molecule has 0 aliphatic carbocycles. The molecule has 6 aliphatic heterocycles. The Morgan fingerprint density at radius 3 is 1.00 bits per heavy atom. The average Bonchev–Trinajstić information content (AvgIpc) is 0.744. The third-order valence-electron chi connectivity index (χ3n) is 20.4. The molecular weight excluding hydrogens is 1310 g/mol. The van der Waals surface area contributed by atoms with E-state index in [-0.39, 0.29) is 40.3 Å². The zero-order valence-corrected chi connectivity index (χ0v) is 61.8. The van der Waals surface area contributed by atoms with Crippen LogP contribution in [0.4, 0.5) is 17.1 Å². The Morgan fingerprint density at radius 2 is 0.663 bits per heavy atom. The maximum absolute atomic E-state index is 6.77. The molecule has 3 atom stereocenters. The average molecular weight is 1400 g/mol. The molecule has 0 amide bonds. The molecule has 0 radical (unpaired) electrons. The van der Waals surface area contributed by atoms with Gasteiger partial charge in [-0.15, -0.1) is 0 Å². The molecule has 0 saturated carbocycles. The SMILES string of the molecule is CC1=CC(C)(C)Nc2ccc3c(c21)C(Cc1ccc(-c2ccccc2)cc1)Oc1cccc(C)c1-3.CC1=CC(C)(C)Nc2ccc3c(c21)C(Cc1ccc(C(C)(C)C)cc1)Oc1cccc(C)c1-3.CC1=CC(C)(C)Nc2ccc3c(c21)C(Cc1ccc(I)cc1)Oc1cccc(C)c1-3. The van der Waals surface area contributed by atoms with Gasteiger partial charge in [0.25, 0.3) is 0 Å². The van der Waals surface area contributed by atoms with Crippen LogP contribution in [0.15, 0.2) is 212 Å². The molecule has 6 aliphatic rings. The van der Waals surface area contributed by atoms with Gasteiger partial charge in [0.2, 0.25) is 0 Å². The molecule has 10 aromatic carbocycles. The van der Waals surface area contributed by atoms with Crippen molar-refractivity contribution in [3.8, 4) is 61.8 Å². The van der Waals surface area contributed by atoms with Crippen molar-refractivity contribution in [2.45, 2.75) is 163 Å². The van der Waals surface area contributed by atoms with E-state index in [0.29, 0.717) is 0 Å². The maximum atomic E-state index is 6.77. The lowest BCUT2D eigenvalue weighted by Gasteiger charge is -2.37. The van der Waals surface area contributed by atoms with Crippen molar-refractivity contribution in [1.29, 1.82) is 0 Å². The summed E-state index contributed by atoms with van der Waals surface area (Å²) in [6, 6.07) is 70.1. The molecule has 3 unspecified atom stereocenters. The number of hydrogen-bond donors (Lipinski definition) is 3. The summed E-state index contributed by atoms with van der Waals surface area (Å²) in [5.74, 6) is 2.96. The van der Waals surface area contributed by atoms with Crippen LogP contribution in [0.1, 0.15) is 174 Å². The molecule has 6 heterocycles. The molecule has 7 heteroatoms. The molecule has 0 aromatic heterocycles. The number of fused-ring (bicyclic) bond motifs is 15. The van der Waals surface area contributed by atoms with Crippen LogP contribution in [0, 0.1) is 24.3 Å². The van der Waals surface area contributed by atoms with Gasteiger partial charge in [0.1, 0.15) is 35.6 Å². The first kappa shape index (κ1) is 66.2. The second-order valence-electron chi connectivity index (χ2n) is 30.8. The van der Waals surface area contributed by atoms with Crippen molar-refractivity contribution in [2.24, 2.45) is 0 Å². The van der Waals surface area contributed by atoms with Gasteiger partial charge >= 0.3 is 0 Å². The molecule has 10 aromatic rings. The van der Waals surface area contributed by atoms with Gasteiger partial charge < -0.3 is 30.2 Å². The fraction of sp³-hybridized carbons (Fsp3) is 0.275. The lowest BCUT2D eigenvalue weighted by atomic mass is 9.80. The summed E-state index contributed by atoms with van der Waals surface area (Å²) in [5.41, 5.74) is 34.4. The molecule has 98 heavy (non-hydrogen) atoms. The van der Waals surface area contributed by atoms with Gasteiger partial charge in [0, 0.05) is 90.0 Å². The van der Waals surface area contributed by atoms with Crippen LogP contribution in [0.25, 0.3) is 61.2 Å². The Morgan fingerprint density at radius 1 is 0.347 bits per heavy atom. The summed E-state index contributed by atoms with van der Waals surface area (Å²) < 4.78 is 21.5. The summed E-state index contributed by atoms with van der Waals surface area (Å²) in [6.45, 7) is 33.4. The van der Waals surface area contributed by atoms with Crippen LogP contribution in [-0.2, 0) is 24.7 Å². The maximum Gasteiger partial charge on any atom is 0.129 e. The normalized spacial score (nSPS) is 17.9. The van der Waals surface area contributed by atoms with Gasteiger partial charge in [-0.05, 0) is 243 Å². The summed E-state index contributed by atoms with van der Waals surface area (Å²) in [4.78, 5) is 0. The Balaban J connectivity index is 0.000000126. The predicted molar refractivity (Wildman–Crippen MR) is 421 cm³/mol. The zero-order valence-electron chi connectivity index (χ0n) is 59.7. The van der Waals surface area contributed by atoms with E-state index in [1.165, 1.54) is 154 Å². The van der Waals surface area contributed by atoms with Crippen LogP contribution in [0.5, 0.6) is 17.2 Å². The fourth-order valence-corrected chi connectivity index (χ4v) is 16.6. The number of aryl methyl sites for hydroxylation is 3. The third-order valence-corrected chi connectivity index (χ3v) is 21.1. The first-order chi connectivity index (χ1) is 46.7. The van der Waals surface area contributed by atoms with E-state index in [2.05, 4.69) is 355 Å². The molecule has 0 fully saturated rings. The van der Waals surface area contributed by atoms with Gasteiger partial charge in [0.15, 0.2) is 0 Å². The second kappa shape index (κ2) is 25.7. The zero-order chi connectivity index (χ0) is 68.7. The minimum atomic E-state index is -0.0720. The summed E-state index contributed by atoms with van der Waals surface area (Å²) in [7, 11) is 0. The highest BCUT2D eigenvalue weighted by atomic mass is 127. The van der Waals surface area contributed by atoms with E-state index < -0.39 is 0 Å². The molecule has 0 bridgehead atoms. The number of ether oxygens (including phenoxy) is 3. The highest BCUT2D eigenvalue weighted by molar-refractivity contribution is 14.1. The molecule has 496 valence electrons. The number of rotatable bonds is 7. The lowest BCUT2D eigenvalue weighted by Crippen LogP contribution is -2.32. The van der Waals surface area contributed by atoms with Crippen LogP contribution >= 0.6 is 22.6 Å². The van der Waals surface area contributed by atoms with Gasteiger partial charge in [0.05, 0.1) is 16.6 Å². The van der Waals surface area contributed by atoms with Gasteiger partial charge in [-0.2, -0.15) is 0 Å². The first-order valence-electron chi connectivity index (χ1n) is 35.0. The van der Waals surface area contributed by atoms with Crippen LogP contribution < -0.4 is 30.2 Å². The van der Waals surface area contributed by atoms with Gasteiger partial charge in [-0.25, -0.2) is 0 Å². The molecule has 6 nitrogen and oxygen atoms in total. The van der Waals surface area contributed by atoms with Crippen molar-refractivity contribution in [3.05, 3.63) is 288 Å². The summed E-state index contributed by atoms with van der Waals surface area (Å²) in [6.07, 6.45) is 9.44. The smallest absolute Gasteiger partial charge is 0.129 e. The van der Waals surface area contributed by atoms with Crippen molar-refractivity contribution in [2.75, 3.05) is 16.0 Å². The third kappa shape index (κ3) is 13.0. The van der Waals surface area contributed by atoms with E-state index in [9.17, 15) is 0 Å². The number of nitrogens with one attached hydrogen (secondary N) is 3. The monoisotopic (exact) mass is 1400 g/mol. The molecular formula is C91H92IN3O3. The number of hydrogen-bond acceptors (Lipinski definition) is 6. The number of anilines is 3. The predicted octanol–water partition coefficient (Wildman–Crippen LogP) is 24.4. The van der Waals surface area contributed by atoms with E-state index in [4.69, 9.17) is 14.2 Å². The van der Waals surface area contributed by atoms with E-state index >= 15 is 0 Å². The largest absolute Gasteiger partial charge is 0.485 e. The topological polar surface area (TPSA) is 63.8 Å². The van der Waals surface area contributed by atoms with Crippen LogP contribution in [0.3, 0.4) is 0 Å². The van der Waals surface area contributed by atoms with Crippen molar-refractivity contribution < 1.29 is 14.2 Å². The number of halogens is 1. The van der Waals surface area contributed by atoms with E-state index in [1.54, 1.807) is 0 Å². The van der Waals surface area contributed by atoms with E-state index in [1.807, 2.05) is 0 Å². The van der Waals surface area contributed by atoms with E-state index in [0.717, 1.165) is 36.5 Å². The number of allylic oxidation sites excluding steroid dienone is 3. The van der Waals surface area contributed by atoms with Crippen LogP contribution in [0.2, 0.25) is 0 Å². The lowest BCUT2D eigenvalue weighted by molar-refractivity contribution is 0.202. The highest BCUT2D eigenvalue weighted by Gasteiger charge is 2.38. The summed E-state index contributed by atoms with van der Waals surface area (Å²) in [5, 5.41) is 11.2. The Kier molecular flexibility index (Phi) is 17.3. The van der Waals surface area contributed by atoms with Crippen LogP contribution in [-0.4, -0.2) is 16.6 Å². The Labute approximate surface area is 595 Å². The second-order valence-corrected chi connectivity index (χ2v) is 32.0. The fourth-order valence-electron chi connectivity index (χ4n) is 16.3. The molecule has 0 spiro atoms. The number of benzene rings is 10. The van der Waals surface area contributed by atoms with Gasteiger partial charge in [-0.3, -0.25) is 0 Å². The van der Waals surface area contributed by atoms with Crippen molar-refractivity contribution >= 4 is 56.4 Å². The minimum Gasteiger partial charge on any atom is -0.485 e. The van der Waals surface area contributed by atoms with Crippen molar-refractivity contribution in [1.82, 2.24) is 0 Å². The highest BCUT2D eigenvalue weighted by Crippen LogP contribution is 2.55. The quantitative estimate of drug-likeness (QED) is 0.138. The molecule has 3 N–H and O–H groups in total. The Hall–Kier alpha value is -9.05. The van der Waals surface area contributed by atoms with Gasteiger partial charge in [-0.1, -0.05) is 185 Å². The molecule has 0 saturated heterocycles. The summed E-state index contributed by atoms with van der Waals surface area (Å²) >= 11 is 2.36. The molecule has 16 rings (SSSR count). The first-order valence-corrected chi connectivity index (χ1v) is 36.1. The Bertz CT molecular complexity index is 4850. The van der Waals surface area contributed by atoms with Crippen molar-refractivity contribution in [3.63, 3.8) is 0 Å². The minimum absolute atomic E-state index is 0.0179. The standard InChI is InChI=1S/C33H31NO.C31H35NO.C27H26INO/c1-21-9-8-12-28-30(21)26-17-18-27-31(22(2)20-33(3,4)34-27)32(26)29(35-28)19-23-13-15-25(16-14-23)24-10-6-5-7-11-24;1-19-9-8-10-25-27(19)23-15-16-24-28(20(2)18-31(6,7)32-24)29(23)26(33-25)17-21-11-13-22(14-12-21)30(3,4)5;1-16-6-5-7-22-24(16)20-12-13-21-25(17(2)15-27(3,4)29-21)26(20)23(30-22)14-18-8-10-19(28)11-9-18/h5-18,20,29,34H,19H2,1-4H3;8-16,18,26,32H,17H2,1-7H3;5-13,15,23,29H,14H2,1-4H3.